The van der Waals surface area contributed by atoms with Gasteiger partial charge in [0.1, 0.15) is 6.29 Å². The van der Waals surface area contributed by atoms with Gasteiger partial charge in [0.15, 0.2) is 23.0 Å². The number of ether oxygens (including phenoxy) is 4. The molecule has 0 fully saturated rings. The predicted octanol–water partition coefficient (Wildman–Crippen LogP) is 1.98. The average molecular weight is 557 g/mol. The number of aldehydes is 1. The molecule has 0 spiro atoms. The van der Waals surface area contributed by atoms with E-state index in [2.05, 4.69) is 0 Å². The molecule has 0 bridgehead atoms. The van der Waals surface area contributed by atoms with Crippen LogP contribution in [0.15, 0.2) is 36.4 Å². The Morgan fingerprint density at radius 3 is 1.45 bits per heavy atom. The molecule has 2 rings (SSSR count). The number of hydrogen-bond donors (Lipinski definition) is 1. The predicted molar refractivity (Wildman–Crippen MR) is 137 cm³/mol. The molecule has 0 unspecified atom stereocenters. The van der Waals surface area contributed by atoms with Gasteiger partial charge in [0.2, 0.25) is 0 Å². The van der Waals surface area contributed by atoms with Gasteiger partial charge in [-0.1, -0.05) is 12.1 Å². The molecule has 2 N–H and O–H groups in total. The number of esters is 4. The number of para-hydroxylation sites is 2. The van der Waals surface area contributed by atoms with Crippen molar-refractivity contribution in [2.24, 2.45) is 5.73 Å². The van der Waals surface area contributed by atoms with Gasteiger partial charge >= 0.3 is 23.9 Å². The number of amides is 2. The van der Waals surface area contributed by atoms with Crippen LogP contribution in [0.5, 0.6) is 23.0 Å². The van der Waals surface area contributed by atoms with Crippen molar-refractivity contribution in [1.82, 2.24) is 4.90 Å². The lowest BCUT2D eigenvalue weighted by atomic mass is 10.0. The van der Waals surface area contributed by atoms with E-state index in [1.165, 1.54) is 36.4 Å². The van der Waals surface area contributed by atoms with E-state index < -0.39 is 64.4 Å². The van der Waals surface area contributed by atoms with Crippen LogP contribution in [0, 0.1) is 0 Å². The number of nitrogens with zero attached hydrogens (tertiary/aromatic N) is 1. The van der Waals surface area contributed by atoms with Gasteiger partial charge in [0.25, 0.3) is 11.8 Å². The lowest BCUT2D eigenvalue weighted by Gasteiger charge is -2.28. The van der Waals surface area contributed by atoms with Crippen molar-refractivity contribution in [2.75, 3.05) is 6.54 Å². The van der Waals surface area contributed by atoms with Crippen molar-refractivity contribution in [3.8, 4) is 23.0 Å². The second-order valence-corrected chi connectivity index (χ2v) is 8.25. The smallest absolute Gasteiger partial charge is 0.308 e. The van der Waals surface area contributed by atoms with Gasteiger partial charge in [-0.15, -0.1) is 0 Å². The Bertz CT molecular complexity index is 1240. The van der Waals surface area contributed by atoms with Gasteiger partial charge in [-0.2, -0.15) is 0 Å². The van der Waals surface area contributed by atoms with Crippen LogP contribution in [0.2, 0.25) is 0 Å². The highest BCUT2D eigenvalue weighted by Crippen LogP contribution is 2.36. The van der Waals surface area contributed by atoms with E-state index in [0.29, 0.717) is 11.2 Å². The summed E-state index contributed by atoms with van der Waals surface area (Å²) in [5.74, 6) is -7.05. The first-order chi connectivity index (χ1) is 18.9. The van der Waals surface area contributed by atoms with Crippen LogP contribution >= 0.6 is 0 Å². The minimum absolute atomic E-state index is 0.0451. The number of carbonyl (C=O) groups is 7. The number of rotatable bonds is 11. The quantitative estimate of drug-likeness (QED) is 0.184. The van der Waals surface area contributed by atoms with Crippen LogP contribution in [0.4, 0.5) is 0 Å². The highest BCUT2D eigenvalue weighted by Gasteiger charge is 2.36. The Morgan fingerprint density at radius 2 is 1.12 bits per heavy atom. The maximum atomic E-state index is 13.9. The van der Waals surface area contributed by atoms with Gasteiger partial charge in [0.05, 0.1) is 17.2 Å². The third-order valence-electron chi connectivity index (χ3n) is 5.05. The highest BCUT2D eigenvalue weighted by atomic mass is 16.6. The molecule has 2 aromatic carbocycles. The molecule has 0 aromatic heterocycles. The number of hydrogen-bond acceptors (Lipinski definition) is 12. The summed E-state index contributed by atoms with van der Waals surface area (Å²) < 4.78 is 20.4. The van der Waals surface area contributed by atoms with Gasteiger partial charge in [-0.25, -0.2) is 0 Å². The lowest BCUT2D eigenvalue weighted by molar-refractivity contribution is -0.134. The summed E-state index contributed by atoms with van der Waals surface area (Å²) >= 11 is 0. The molecular weight excluding hydrogens is 528 g/mol. The van der Waals surface area contributed by atoms with Gasteiger partial charge in [-0.3, -0.25) is 33.7 Å². The topological polar surface area (TPSA) is 186 Å². The Labute approximate surface area is 229 Å². The zero-order chi connectivity index (χ0) is 30.0. The Morgan fingerprint density at radius 1 is 0.725 bits per heavy atom. The van der Waals surface area contributed by atoms with Crippen molar-refractivity contribution < 1.29 is 52.5 Å². The molecular formula is C27H28N2O11. The van der Waals surface area contributed by atoms with Gasteiger partial charge < -0.3 is 29.5 Å². The summed E-state index contributed by atoms with van der Waals surface area (Å²) in [5, 5.41) is 0. The Balaban J connectivity index is 2.80. The standard InChI is InChI=1S/C27H28N2O11/c1-15(31)37-22-11-5-9-20(24(22)39-17(3)33)26(35)29(19(14-30)8-7-13-28)27(36)21-10-6-12-23(38-16(2)32)25(21)40-18(4)34/h5-6,9-12,14,19H,7-8,13,28H2,1-4H3/t19-/m1/s1. The first-order valence-electron chi connectivity index (χ1n) is 11.9. The van der Waals surface area contributed by atoms with E-state index in [1.54, 1.807) is 0 Å². The van der Waals surface area contributed by atoms with Crippen LogP contribution in [0.25, 0.3) is 0 Å². The van der Waals surface area contributed by atoms with Crippen LogP contribution in [-0.2, 0) is 24.0 Å². The van der Waals surface area contributed by atoms with Gasteiger partial charge in [0, 0.05) is 27.7 Å². The Hall–Kier alpha value is -4.91. The molecule has 0 aliphatic rings. The largest absolute Gasteiger partial charge is 0.423 e. The van der Waals surface area contributed by atoms with E-state index in [1.807, 2.05) is 0 Å². The maximum Gasteiger partial charge on any atom is 0.308 e. The molecule has 0 saturated carbocycles. The lowest BCUT2D eigenvalue weighted by Crippen LogP contribution is -2.46. The van der Waals surface area contributed by atoms with E-state index in [9.17, 15) is 33.6 Å². The molecule has 0 heterocycles. The summed E-state index contributed by atoms with van der Waals surface area (Å²) in [6.07, 6.45) is 0.542. The second kappa shape index (κ2) is 14.3. The first kappa shape index (κ1) is 31.3. The van der Waals surface area contributed by atoms with E-state index in [0.717, 1.165) is 27.7 Å². The zero-order valence-electron chi connectivity index (χ0n) is 22.3. The normalized spacial score (nSPS) is 11.0. The summed E-state index contributed by atoms with van der Waals surface area (Å²) in [6, 6.07) is 6.15. The summed E-state index contributed by atoms with van der Waals surface area (Å²) in [6.45, 7) is 4.39. The van der Waals surface area contributed by atoms with Gasteiger partial charge in [-0.05, 0) is 43.7 Å². The minimum Gasteiger partial charge on any atom is -0.423 e. The molecule has 2 aromatic rings. The van der Waals surface area contributed by atoms with E-state index >= 15 is 0 Å². The summed E-state index contributed by atoms with van der Waals surface area (Å²) in [7, 11) is 0. The number of benzene rings is 2. The van der Waals surface area contributed by atoms with E-state index in [4.69, 9.17) is 24.7 Å². The van der Waals surface area contributed by atoms with Crippen LogP contribution < -0.4 is 24.7 Å². The van der Waals surface area contributed by atoms with Crippen molar-refractivity contribution in [2.45, 2.75) is 46.6 Å². The highest BCUT2D eigenvalue weighted by molar-refractivity contribution is 6.14. The minimum atomic E-state index is -1.38. The zero-order valence-corrected chi connectivity index (χ0v) is 22.3. The van der Waals surface area contributed by atoms with Crippen molar-refractivity contribution in [1.29, 1.82) is 0 Å². The maximum absolute atomic E-state index is 13.9. The second-order valence-electron chi connectivity index (χ2n) is 8.25. The Kier molecular flexibility index (Phi) is 11.2. The fourth-order valence-electron chi connectivity index (χ4n) is 3.57. The third-order valence-corrected chi connectivity index (χ3v) is 5.05. The number of imide groups is 1. The monoisotopic (exact) mass is 556 g/mol. The average Bonchev–Trinajstić information content (AvgIpc) is 2.86. The van der Waals surface area contributed by atoms with Crippen molar-refractivity contribution in [3.05, 3.63) is 47.5 Å². The molecule has 0 aliphatic heterocycles. The van der Waals surface area contributed by atoms with Crippen LogP contribution in [0.1, 0.15) is 61.3 Å². The summed E-state index contributed by atoms with van der Waals surface area (Å²) in [4.78, 5) is 87.6. The molecule has 0 saturated heterocycles. The fourth-order valence-corrected chi connectivity index (χ4v) is 3.57. The SMILES string of the molecule is CC(=O)Oc1cccc(C(=O)N(C(=O)c2cccc(OC(C)=O)c2OC(C)=O)[C@@H](C=O)CCCN)c1OC(C)=O. The van der Waals surface area contributed by atoms with Crippen LogP contribution in [-0.4, -0.2) is 59.5 Å². The molecule has 2 amide bonds. The molecule has 0 aliphatic carbocycles. The molecule has 13 heteroatoms. The van der Waals surface area contributed by atoms with Crippen molar-refractivity contribution >= 4 is 42.0 Å². The fraction of sp³-hybridized carbons (Fsp3) is 0.296. The van der Waals surface area contributed by atoms with Crippen LogP contribution in [0.3, 0.4) is 0 Å². The molecule has 212 valence electrons. The first-order valence-corrected chi connectivity index (χ1v) is 11.9. The third kappa shape index (κ3) is 8.04. The molecule has 13 nitrogen and oxygen atoms in total. The molecule has 1 atom stereocenters. The summed E-state index contributed by atoms with van der Waals surface area (Å²) in [5.41, 5.74) is 4.79. The number of carbonyl (C=O) groups excluding carboxylic acids is 7. The molecule has 40 heavy (non-hydrogen) atoms. The molecule has 0 radical (unpaired) electrons. The number of nitrogens with two attached hydrogens (primary N) is 1. The van der Waals surface area contributed by atoms with Crippen molar-refractivity contribution in [3.63, 3.8) is 0 Å². The van der Waals surface area contributed by atoms with E-state index in [-0.39, 0.29) is 30.9 Å².